The number of amides is 13. The minimum absolute atomic E-state index is 0.00174. The summed E-state index contributed by atoms with van der Waals surface area (Å²) in [5, 5.41) is 25.6. The Morgan fingerprint density at radius 3 is 1.49 bits per heavy atom. The first-order valence-corrected chi connectivity index (χ1v) is 39.3. The van der Waals surface area contributed by atoms with Gasteiger partial charge in [0.05, 0.1) is 32.2 Å². The number of carbonyl (C=O) groups excluding carboxylic acids is 13. The van der Waals surface area contributed by atoms with E-state index in [1.807, 2.05) is 48.5 Å². The van der Waals surface area contributed by atoms with E-state index in [4.69, 9.17) is 4.74 Å². The summed E-state index contributed by atoms with van der Waals surface area (Å²) in [6, 6.07) is -12.2. The van der Waals surface area contributed by atoms with Gasteiger partial charge in [-0.25, -0.2) is 0 Å². The van der Waals surface area contributed by atoms with Gasteiger partial charge in [0.25, 0.3) is 0 Å². The summed E-state index contributed by atoms with van der Waals surface area (Å²) in [6.45, 7) is 21.5. The highest BCUT2D eigenvalue weighted by Gasteiger charge is 2.44. The maximum absolute atomic E-state index is 15.5. The van der Waals surface area contributed by atoms with Gasteiger partial charge in [-0.05, 0) is 128 Å². The molecule has 2 saturated carbocycles. The molecule has 13 amide bonds. The number of nitrogens with zero attached hydrogens (tertiary/aromatic N) is 8. The lowest BCUT2D eigenvalue weighted by atomic mass is 9.84. The van der Waals surface area contributed by atoms with Gasteiger partial charge < -0.3 is 75.6 Å². The van der Waals surface area contributed by atoms with Crippen molar-refractivity contribution in [1.82, 2.24) is 65.8 Å². The highest BCUT2D eigenvalue weighted by atomic mass is 16.5. The first kappa shape index (κ1) is 90.4. The topological polar surface area (TPSA) is 337 Å². The predicted octanol–water partition coefficient (Wildman–Crippen LogP) is 4.76. The normalized spacial score (nSPS) is 26.0. The lowest BCUT2D eigenvalue weighted by molar-refractivity contribution is -0.152. The fraction of sp³-hybridized carbons (Fsp3) is 0.831. The monoisotopic (exact) mass is 1480 g/mol. The van der Waals surface area contributed by atoms with Crippen LogP contribution in [0.4, 0.5) is 0 Å². The van der Waals surface area contributed by atoms with Crippen molar-refractivity contribution < 1.29 is 72.2 Å². The standard InChI is InChI=1S/C77H135N13O15/c1-19-21-36-89-45-65(94)84(15)61(42-54-31-25-22-26-32-54)70(98)80-58(47-105-48-63(92)82-77(11,12)13)73(101)86(17)60(41-51(7)8)71(99)81-67(53(10)91)76(104)90(35-20-2)46-66(95)85(16)62(43-55-33-27-23-28-34-55)75(103)87(18)59(40-50(5)6)69(97)79-56(39-49(3)4)72(100)83(14)52(9)68(96)78-57(44-64(89)93)74(102)88-37-29-24-30-38-88/h49-62,67,91H,19-48H2,1-18H3,(H,78,96)(H,79,97)(H,80,98)(H,81,99)(H,82,92)/t52-,53+,56-,57-,58-,59-,60-,61-,62-,67-/m0/s1. The van der Waals surface area contributed by atoms with Crippen molar-refractivity contribution in [2.45, 2.75) is 297 Å². The summed E-state index contributed by atoms with van der Waals surface area (Å²) < 4.78 is 5.93. The number of piperidine rings is 1. The van der Waals surface area contributed by atoms with E-state index in [0.717, 1.165) is 75.5 Å². The Bertz CT molecular complexity index is 2890. The van der Waals surface area contributed by atoms with Gasteiger partial charge in [0, 0.05) is 67.0 Å². The highest BCUT2D eigenvalue weighted by molar-refractivity contribution is 6.00. The van der Waals surface area contributed by atoms with Crippen LogP contribution >= 0.6 is 0 Å². The van der Waals surface area contributed by atoms with E-state index in [0.29, 0.717) is 45.2 Å². The molecule has 10 atom stereocenters. The molecule has 0 unspecified atom stereocenters. The number of nitrogens with one attached hydrogen (secondary N) is 5. The van der Waals surface area contributed by atoms with Crippen LogP contribution in [0.5, 0.6) is 0 Å². The second kappa shape index (κ2) is 43.7. The molecule has 2 aliphatic heterocycles. The van der Waals surface area contributed by atoms with Crippen LogP contribution < -0.4 is 26.6 Å². The molecule has 0 bridgehead atoms. The summed E-state index contributed by atoms with van der Waals surface area (Å²) in [5.41, 5.74) is -0.664. The summed E-state index contributed by atoms with van der Waals surface area (Å²) in [5.74, 6) is -9.58. The molecule has 598 valence electrons. The van der Waals surface area contributed by atoms with E-state index in [2.05, 4.69) is 26.6 Å². The van der Waals surface area contributed by atoms with Crippen molar-refractivity contribution in [3.63, 3.8) is 0 Å². The number of rotatable bonds is 21. The number of likely N-dealkylation sites (N-methyl/N-ethyl adjacent to an activating group) is 5. The van der Waals surface area contributed by atoms with Crippen LogP contribution in [-0.2, 0) is 67.1 Å². The van der Waals surface area contributed by atoms with E-state index in [-0.39, 0.29) is 74.8 Å². The number of aliphatic hydroxyl groups excluding tert-OH is 1. The molecule has 4 aliphatic rings. The van der Waals surface area contributed by atoms with Crippen molar-refractivity contribution in [3.05, 3.63) is 0 Å². The first-order chi connectivity index (χ1) is 49.3. The van der Waals surface area contributed by atoms with Crippen LogP contribution in [-0.4, -0.2) is 275 Å². The van der Waals surface area contributed by atoms with Gasteiger partial charge in [-0.15, -0.1) is 0 Å². The van der Waals surface area contributed by atoms with Gasteiger partial charge in [0.2, 0.25) is 76.8 Å². The van der Waals surface area contributed by atoms with Crippen LogP contribution in [0.15, 0.2) is 0 Å². The number of likely N-dealkylation sites (tertiary alicyclic amines) is 1. The number of hydrogen-bond donors (Lipinski definition) is 6. The van der Waals surface area contributed by atoms with Gasteiger partial charge in [-0.1, -0.05) is 126 Å². The van der Waals surface area contributed by atoms with Crippen LogP contribution in [0.1, 0.15) is 231 Å². The van der Waals surface area contributed by atoms with Gasteiger partial charge >= 0.3 is 0 Å². The van der Waals surface area contributed by atoms with E-state index in [9.17, 15) is 24.3 Å². The fourth-order valence-corrected chi connectivity index (χ4v) is 14.7. The van der Waals surface area contributed by atoms with Gasteiger partial charge in [0.1, 0.15) is 61.0 Å². The SMILES string of the molecule is CCCCN1CC(=O)N(C)[C@@H](CC2CCCCC2)C(=O)N[C@@H](COCC(=O)NC(C)(C)C)C(=O)N(C)[C@@H](CC(C)C)C(=O)N[C@@H]([C@@H](C)O)C(=O)N(CCC)CC(=O)N(C)[C@@H](CC2CCCCC2)C(=O)N(C)[C@@H](CC(C)C)C(=O)N[C@@H](CC(C)C)C(=O)N(C)[C@@H](C)C(=O)N[C@H](C(=O)N2CCCCC2)CC1=O. The Morgan fingerprint density at radius 1 is 0.514 bits per heavy atom. The molecule has 2 saturated heterocycles. The fourth-order valence-electron chi connectivity index (χ4n) is 14.7. The summed E-state index contributed by atoms with van der Waals surface area (Å²) in [7, 11) is 7.18. The molecule has 4 rings (SSSR count). The molecule has 0 aromatic rings. The maximum Gasteiger partial charge on any atom is 0.248 e. The zero-order valence-electron chi connectivity index (χ0n) is 67.1. The molecule has 0 radical (unpaired) electrons. The summed E-state index contributed by atoms with van der Waals surface area (Å²) in [4.78, 5) is 204. The molecule has 4 fully saturated rings. The average Bonchev–Trinajstić information content (AvgIpc) is 0.833. The smallest absolute Gasteiger partial charge is 0.248 e. The number of carbonyl (C=O) groups is 13. The molecule has 105 heavy (non-hydrogen) atoms. The lowest BCUT2D eigenvalue weighted by Gasteiger charge is -2.38. The van der Waals surface area contributed by atoms with Gasteiger partial charge in [-0.2, -0.15) is 0 Å². The molecule has 6 N–H and O–H groups in total. The molecule has 2 aliphatic carbocycles. The van der Waals surface area contributed by atoms with E-state index in [1.165, 1.54) is 78.5 Å². The molecule has 0 aromatic carbocycles. The molecule has 28 nitrogen and oxygen atoms in total. The molecule has 2 heterocycles. The van der Waals surface area contributed by atoms with Crippen molar-refractivity contribution in [2.75, 3.05) is 87.7 Å². The minimum atomic E-state index is -1.68. The Morgan fingerprint density at radius 2 is 0.981 bits per heavy atom. The van der Waals surface area contributed by atoms with E-state index in [1.54, 1.807) is 32.6 Å². The molecule has 0 spiro atoms. The first-order valence-electron chi connectivity index (χ1n) is 39.3. The third-order valence-corrected chi connectivity index (χ3v) is 21.1. The number of unbranched alkanes of at least 4 members (excludes halogenated alkanes) is 1. The van der Waals surface area contributed by atoms with Crippen LogP contribution in [0, 0.1) is 29.6 Å². The van der Waals surface area contributed by atoms with Crippen molar-refractivity contribution in [3.8, 4) is 0 Å². The number of hydrogen-bond acceptors (Lipinski definition) is 15. The van der Waals surface area contributed by atoms with Gasteiger partial charge in [-0.3, -0.25) is 62.3 Å². The molecule has 28 heteroatoms. The van der Waals surface area contributed by atoms with E-state index >= 15 is 43.2 Å². The Balaban J connectivity index is 1.98. The quantitative estimate of drug-likeness (QED) is 0.0903. The highest BCUT2D eigenvalue weighted by Crippen LogP contribution is 2.32. The van der Waals surface area contributed by atoms with Crippen molar-refractivity contribution >= 4 is 76.8 Å². The van der Waals surface area contributed by atoms with Crippen molar-refractivity contribution in [1.29, 1.82) is 0 Å². The molecular formula is C77H135N13O15. The third kappa shape index (κ3) is 28.6. The summed E-state index contributed by atoms with van der Waals surface area (Å²) in [6.07, 6.45) is 10.7. The summed E-state index contributed by atoms with van der Waals surface area (Å²) >= 11 is 0. The molecule has 0 aromatic heterocycles. The zero-order chi connectivity index (χ0) is 78.7. The Kier molecular flexibility index (Phi) is 37.7. The maximum atomic E-state index is 15.5. The van der Waals surface area contributed by atoms with Crippen LogP contribution in [0.25, 0.3) is 0 Å². The Hall–Kier alpha value is -6.97. The lowest BCUT2D eigenvalue weighted by Crippen LogP contribution is -2.62. The second-order valence-corrected chi connectivity index (χ2v) is 32.7. The zero-order valence-corrected chi connectivity index (χ0v) is 67.1. The second-order valence-electron chi connectivity index (χ2n) is 32.7. The van der Waals surface area contributed by atoms with E-state index < -0.39 is 176 Å². The number of ether oxygens (including phenoxy) is 1. The number of aliphatic hydroxyl groups is 1. The molecular weight excluding hydrogens is 1350 g/mol. The largest absolute Gasteiger partial charge is 0.391 e. The van der Waals surface area contributed by atoms with Gasteiger partial charge in [0.15, 0.2) is 0 Å². The Labute approximate surface area is 626 Å². The van der Waals surface area contributed by atoms with Crippen LogP contribution in [0.2, 0.25) is 0 Å². The van der Waals surface area contributed by atoms with Crippen LogP contribution in [0.3, 0.4) is 0 Å². The average molecular weight is 1480 g/mol. The van der Waals surface area contributed by atoms with Crippen molar-refractivity contribution in [2.24, 2.45) is 29.6 Å². The third-order valence-electron chi connectivity index (χ3n) is 21.1. The predicted molar refractivity (Wildman–Crippen MR) is 401 cm³/mol. The minimum Gasteiger partial charge on any atom is -0.391 e.